The standard InChI is InChI=1S/C16H15N5O/c1-12-6-5-9-14(10-12)17-15(22)11-21-16(18-19-20-21)13-7-3-2-4-8-13/h2-10H,11H2,1H3,(H,17,22). The van der Waals surface area contributed by atoms with Crippen molar-refractivity contribution in [3.8, 4) is 11.4 Å². The van der Waals surface area contributed by atoms with Crippen LogP contribution in [-0.4, -0.2) is 26.1 Å². The third kappa shape index (κ3) is 3.17. The quantitative estimate of drug-likeness (QED) is 0.801. The lowest BCUT2D eigenvalue weighted by molar-refractivity contribution is -0.116. The molecule has 0 aliphatic carbocycles. The van der Waals surface area contributed by atoms with Crippen LogP contribution in [0.3, 0.4) is 0 Å². The van der Waals surface area contributed by atoms with Crippen LogP contribution in [0.1, 0.15) is 5.56 Å². The second-order valence-electron chi connectivity index (χ2n) is 4.94. The van der Waals surface area contributed by atoms with Crippen LogP contribution in [0.4, 0.5) is 5.69 Å². The van der Waals surface area contributed by atoms with Crippen LogP contribution in [0.15, 0.2) is 54.6 Å². The molecule has 0 saturated heterocycles. The van der Waals surface area contributed by atoms with Gasteiger partial charge in [0.1, 0.15) is 6.54 Å². The van der Waals surface area contributed by atoms with Crippen LogP contribution >= 0.6 is 0 Å². The lowest BCUT2D eigenvalue weighted by Gasteiger charge is -2.07. The van der Waals surface area contributed by atoms with Crippen molar-refractivity contribution in [3.63, 3.8) is 0 Å². The van der Waals surface area contributed by atoms with E-state index in [4.69, 9.17) is 0 Å². The van der Waals surface area contributed by atoms with E-state index in [2.05, 4.69) is 20.8 Å². The van der Waals surface area contributed by atoms with Gasteiger partial charge < -0.3 is 5.32 Å². The number of carbonyl (C=O) groups is 1. The molecule has 0 atom stereocenters. The number of aromatic nitrogens is 4. The van der Waals surface area contributed by atoms with E-state index in [0.717, 1.165) is 16.8 Å². The molecule has 1 amide bonds. The Morgan fingerprint density at radius 2 is 1.95 bits per heavy atom. The average molecular weight is 293 g/mol. The number of hydrogen-bond donors (Lipinski definition) is 1. The lowest BCUT2D eigenvalue weighted by atomic mass is 10.2. The summed E-state index contributed by atoms with van der Waals surface area (Å²) in [6.45, 7) is 2.04. The van der Waals surface area contributed by atoms with Gasteiger partial charge in [-0.05, 0) is 35.0 Å². The molecule has 0 aliphatic heterocycles. The maximum absolute atomic E-state index is 12.1. The molecule has 1 heterocycles. The van der Waals surface area contributed by atoms with Gasteiger partial charge in [-0.1, -0.05) is 42.5 Å². The Kier molecular flexibility index (Phi) is 3.91. The molecule has 110 valence electrons. The van der Waals surface area contributed by atoms with Gasteiger partial charge in [-0.2, -0.15) is 0 Å². The third-order valence-corrected chi connectivity index (χ3v) is 3.16. The summed E-state index contributed by atoms with van der Waals surface area (Å²) >= 11 is 0. The highest BCUT2D eigenvalue weighted by atomic mass is 16.2. The van der Waals surface area contributed by atoms with Gasteiger partial charge in [0.05, 0.1) is 0 Å². The maximum atomic E-state index is 12.1. The summed E-state index contributed by atoms with van der Waals surface area (Å²) in [7, 11) is 0. The molecule has 6 nitrogen and oxygen atoms in total. The SMILES string of the molecule is Cc1cccc(NC(=O)Cn2nnnc2-c2ccccc2)c1. The van der Waals surface area contributed by atoms with Gasteiger partial charge in [0, 0.05) is 11.3 Å². The van der Waals surface area contributed by atoms with E-state index in [-0.39, 0.29) is 12.5 Å². The van der Waals surface area contributed by atoms with E-state index in [9.17, 15) is 4.79 Å². The van der Waals surface area contributed by atoms with Crippen LogP contribution in [0.2, 0.25) is 0 Å². The molecule has 0 fully saturated rings. The Morgan fingerprint density at radius 1 is 1.14 bits per heavy atom. The summed E-state index contributed by atoms with van der Waals surface area (Å²) in [6.07, 6.45) is 0. The molecular weight excluding hydrogens is 278 g/mol. The first-order valence-electron chi connectivity index (χ1n) is 6.90. The number of hydrogen-bond acceptors (Lipinski definition) is 4. The molecule has 1 N–H and O–H groups in total. The first-order chi connectivity index (χ1) is 10.7. The number of amides is 1. The highest BCUT2D eigenvalue weighted by Crippen LogP contribution is 2.15. The smallest absolute Gasteiger partial charge is 0.246 e. The van der Waals surface area contributed by atoms with Gasteiger partial charge in [-0.25, -0.2) is 4.68 Å². The summed E-state index contributed by atoms with van der Waals surface area (Å²) < 4.78 is 1.49. The van der Waals surface area contributed by atoms with E-state index in [1.165, 1.54) is 4.68 Å². The third-order valence-electron chi connectivity index (χ3n) is 3.16. The molecule has 3 rings (SSSR count). The predicted molar refractivity (Wildman–Crippen MR) is 83.1 cm³/mol. The van der Waals surface area contributed by atoms with Gasteiger partial charge in [-0.3, -0.25) is 4.79 Å². The Labute approximate surface area is 127 Å². The summed E-state index contributed by atoms with van der Waals surface area (Å²) in [5.41, 5.74) is 2.72. The van der Waals surface area contributed by atoms with Gasteiger partial charge in [0.25, 0.3) is 0 Å². The Balaban J connectivity index is 1.74. The van der Waals surface area contributed by atoms with E-state index in [0.29, 0.717) is 5.82 Å². The summed E-state index contributed by atoms with van der Waals surface area (Å²) in [5.74, 6) is 0.398. The molecule has 6 heteroatoms. The molecule has 3 aromatic rings. The fraction of sp³-hybridized carbons (Fsp3) is 0.125. The summed E-state index contributed by atoms with van der Waals surface area (Å²) in [4.78, 5) is 12.1. The Hall–Kier alpha value is -3.02. The summed E-state index contributed by atoms with van der Waals surface area (Å²) in [6, 6.07) is 17.2. The molecular formula is C16H15N5O. The fourth-order valence-electron chi connectivity index (χ4n) is 2.16. The second-order valence-corrected chi connectivity index (χ2v) is 4.94. The normalized spacial score (nSPS) is 10.4. The van der Waals surface area contributed by atoms with E-state index in [1.54, 1.807) is 0 Å². The van der Waals surface area contributed by atoms with Crippen LogP contribution in [0, 0.1) is 6.92 Å². The molecule has 0 unspecified atom stereocenters. The van der Waals surface area contributed by atoms with Crippen molar-refractivity contribution in [1.29, 1.82) is 0 Å². The van der Waals surface area contributed by atoms with E-state index in [1.807, 2.05) is 61.5 Å². The Morgan fingerprint density at radius 3 is 2.73 bits per heavy atom. The molecule has 2 aromatic carbocycles. The van der Waals surface area contributed by atoms with Crippen molar-refractivity contribution in [2.75, 3.05) is 5.32 Å². The Bertz CT molecular complexity index is 782. The molecule has 0 spiro atoms. The largest absolute Gasteiger partial charge is 0.324 e. The molecule has 0 saturated carbocycles. The second kappa shape index (κ2) is 6.17. The fourth-order valence-corrected chi connectivity index (χ4v) is 2.16. The maximum Gasteiger partial charge on any atom is 0.246 e. The van der Waals surface area contributed by atoms with Crippen molar-refractivity contribution >= 4 is 11.6 Å². The minimum Gasteiger partial charge on any atom is -0.324 e. The molecule has 0 bridgehead atoms. The number of anilines is 1. The topological polar surface area (TPSA) is 72.7 Å². The average Bonchev–Trinajstić information content (AvgIpc) is 2.96. The van der Waals surface area contributed by atoms with Gasteiger partial charge in [0.15, 0.2) is 5.82 Å². The van der Waals surface area contributed by atoms with Crippen molar-refractivity contribution in [2.45, 2.75) is 13.5 Å². The van der Waals surface area contributed by atoms with Crippen molar-refractivity contribution < 1.29 is 4.79 Å². The zero-order valence-electron chi connectivity index (χ0n) is 12.1. The molecule has 1 aromatic heterocycles. The van der Waals surface area contributed by atoms with Gasteiger partial charge in [-0.15, -0.1) is 5.10 Å². The number of carbonyl (C=O) groups excluding carboxylic acids is 1. The number of tetrazole rings is 1. The number of nitrogens with zero attached hydrogens (tertiary/aromatic N) is 4. The first-order valence-corrected chi connectivity index (χ1v) is 6.90. The van der Waals surface area contributed by atoms with E-state index < -0.39 is 0 Å². The zero-order valence-corrected chi connectivity index (χ0v) is 12.1. The van der Waals surface area contributed by atoms with Crippen LogP contribution in [0.25, 0.3) is 11.4 Å². The van der Waals surface area contributed by atoms with Crippen LogP contribution in [0.5, 0.6) is 0 Å². The van der Waals surface area contributed by atoms with Crippen molar-refractivity contribution in [1.82, 2.24) is 20.2 Å². The lowest BCUT2D eigenvalue weighted by Crippen LogP contribution is -2.20. The number of nitrogens with one attached hydrogen (secondary N) is 1. The zero-order chi connectivity index (χ0) is 15.4. The van der Waals surface area contributed by atoms with Crippen molar-refractivity contribution in [2.24, 2.45) is 0 Å². The van der Waals surface area contributed by atoms with Crippen LogP contribution in [-0.2, 0) is 11.3 Å². The number of benzene rings is 2. The molecule has 22 heavy (non-hydrogen) atoms. The van der Waals surface area contributed by atoms with Crippen LogP contribution < -0.4 is 5.32 Å². The first kappa shape index (κ1) is 13.9. The van der Waals surface area contributed by atoms with E-state index >= 15 is 0 Å². The number of aryl methyl sites for hydroxylation is 1. The minimum absolute atomic E-state index is 0.0607. The minimum atomic E-state index is -0.171. The molecule has 0 radical (unpaired) electrons. The van der Waals surface area contributed by atoms with Gasteiger partial charge in [0.2, 0.25) is 5.91 Å². The van der Waals surface area contributed by atoms with Gasteiger partial charge >= 0.3 is 0 Å². The summed E-state index contributed by atoms with van der Waals surface area (Å²) in [5, 5.41) is 14.4. The van der Waals surface area contributed by atoms with Crippen molar-refractivity contribution in [3.05, 3.63) is 60.2 Å². The number of rotatable bonds is 4. The monoisotopic (exact) mass is 293 g/mol. The predicted octanol–water partition coefficient (Wildman–Crippen LogP) is 2.29. The highest BCUT2D eigenvalue weighted by Gasteiger charge is 2.12. The molecule has 0 aliphatic rings. The highest BCUT2D eigenvalue weighted by molar-refractivity contribution is 5.90.